The van der Waals surface area contributed by atoms with Gasteiger partial charge in [0, 0.05) is 18.2 Å². The van der Waals surface area contributed by atoms with Gasteiger partial charge in [0.25, 0.3) is 0 Å². The molecule has 0 radical (unpaired) electrons. The van der Waals surface area contributed by atoms with Gasteiger partial charge in [-0.25, -0.2) is 0 Å². The highest BCUT2D eigenvalue weighted by molar-refractivity contribution is 5.16. The summed E-state index contributed by atoms with van der Waals surface area (Å²) in [6, 6.07) is 2.56. The van der Waals surface area contributed by atoms with Crippen molar-refractivity contribution in [2.75, 3.05) is 13.6 Å². The van der Waals surface area contributed by atoms with Crippen LogP contribution in [0.3, 0.4) is 0 Å². The summed E-state index contributed by atoms with van der Waals surface area (Å²) in [6.45, 7) is 10.9. The van der Waals surface area contributed by atoms with E-state index in [4.69, 9.17) is 4.42 Å². The molecule has 0 atom stereocenters. The van der Waals surface area contributed by atoms with Crippen LogP contribution < -0.4 is 5.32 Å². The van der Waals surface area contributed by atoms with Gasteiger partial charge in [-0.05, 0) is 32.5 Å². The van der Waals surface area contributed by atoms with E-state index in [1.165, 1.54) is 5.56 Å². The lowest BCUT2D eigenvalue weighted by Crippen LogP contribution is -2.23. The lowest BCUT2D eigenvalue weighted by Gasteiger charge is -2.16. The average Bonchev–Trinajstić information content (AvgIpc) is 2.74. The number of hydrogen-bond acceptors (Lipinski definition) is 3. The van der Waals surface area contributed by atoms with E-state index in [0.29, 0.717) is 6.04 Å². The van der Waals surface area contributed by atoms with Crippen molar-refractivity contribution in [2.45, 2.75) is 45.8 Å². The average molecular weight is 250 g/mol. The molecular weight excluding hydrogens is 224 g/mol. The van der Waals surface area contributed by atoms with Crippen LogP contribution in [0.4, 0.5) is 0 Å². The molecule has 1 rings (SSSR count). The molecular formula is C15H26N2O. The summed E-state index contributed by atoms with van der Waals surface area (Å²) in [4.78, 5) is 2.29. The van der Waals surface area contributed by atoms with Gasteiger partial charge in [0.1, 0.15) is 5.76 Å². The SMILES string of the molecule is C=CCCCN(C)Cc1occc1CNC(C)C. The summed E-state index contributed by atoms with van der Waals surface area (Å²) in [6.07, 6.45) is 5.98. The minimum atomic E-state index is 0.498. The number of nitrogens with one attached hydrogen (secondary N) is 1. The number of unbranched alkanes of at least 4 members (excludes halogenated alkanes) is 1. The Bertz CT molecular complexity index is 344. The van der Waals surface area contributed by atoms with E-state index in [1.807, 2.05) is 6.08 Å². The summed E-state index contributed by atoms with van der Waals surface area (Å²) in [7, 11) is 2.13. The molecule has 3 heteroatoms. The minimum Gasteiger partial charge on any atom is -0.468 e. The number of hydrogen-bond donors (Lipinski definition) is 1. The smallest absolute Gasteiger partial charge is 0.122 e. The fraction of sp³-hybridized carbons (Fsp3) is 0.600. The van der Waals surface area contributed by atoms with Crippen molar-refractivity contribution < 1.29 is 4.42 Å². The zero-order chi connectivity index (χ0) is 13.4. The first kappa shape index (κ1) is 15.0. The molecule has 0 aliphatic heterocycles. The third-order valence-electron chi connectivity index (χ3n) is 2.90. The molecule has 0 saturated heterocycles. The van der Waals surface area contributed by atoms with Crippen LogP contribution in [0.2, 0.25) is 0 Å². The van der Waals surface area contributed by atoms with E-state index < -0.39 is 0 Å². The van der Waals surface area contributed by atoms with Gasteiger partial charge in [-0.3, -0.25) is 4.90 Å². The zero-order valence-corrected chi connectivity index (χ0v) is 11.9. The van der Waals surface area contributed by atoms with E-state index in [-0.39, 0.29) is 0 Å². The first-order chi connectivity index (χ1) is 8.63. The number of rotatable bonds is 9. The molecule has 0 fully saturated rings. The first-order valence-corrected chi connectivity index (χ1v) is 6.71. The molecule has 1 aromatic rings. The van der Waals surface area contributed by atoms with Crippen LogP contribution in [0, 0.1) is 0 Å². The van der Waals surface area contributed by atoms with E-state index >= 15 is 0 Å². The molecule has 0 amide bonds. The van der Waals surface area contributed by atoms with Gasteiger partial charge >= 0.3 is 0 Å². The standard InChI is InChI=1S/C15H26N2O/c1-5-6-7-9-17(4)12-15-14(8-10-18-15)11-16-13(2)3/h5,8,10,13,16H,1,6-7,9,11-12H2,2-4H3. The summed E-state index contributed by atoms with van der Waals surface area (Å²) in [5.41, 5.74) is 1.26. The Morgan fingerprint density at radius 2 is 2.28 bits per heavy atom. The maximum Gasteiger partial charge on any atom is 0.122 e. The fourth-order valence-corrected chi connectivity index (χ4v) is 1.81. The quantitative estimate of drug-likeness (QED) is 0.539. The third-order valence-corrected chi connectivity index (χ3v) is 2.90. The van der Waals surface area contributed by atoms with Crippen molar-refractivity contribution >= 4 is 0 Å². The Kier molecular flexibility index (Phi) is 6.76. The second kappa shape index (κ2) is 8.11. The summed E-state index contributed by atoms with van der Waals surface area (Å²) in [5.74, 6) is 1.07. The highest BCUT2D eigenvalue weighted by atomic mass is 16.3. The first-order valence-electron chi connectivity index (χ1n) is 6.71. The van der Waals surface area contributed by atoms with Crippen molar-refractivity contribution in [1.29, 1.82) is 0 Å². The molecule has 0 aliphatic carbocycles. The van der Waals surface area contributed by atoms with Gasteiger partial charge < -0.3 is 9.73 Å². The Hall–Kier alpha value is -1.06. The van der Waals surface area contributed by atoms with E-state index in [9.17, 15) is 0 Å². The Morgan fingerprint density at radius 1 is 1.50 bits per heavy atom. The summed E-state index contributed by atoms with van der Waals surface area (Å²) in [5, 5.41) is 3.42. The number of allylic oxidation sites excluding steroid dienone is 1. The van der Waals surface area contributed by atoms with Crippen LogP contribution in [-0.2, 0) is 13.1 Å². The van der Waals surface area contributed by atoms with Crippen LogP contribution in [0.25, 0.3) is 0 Å². The maximum atomic E-state index is 5.57. The second-order valence-corrected chi connectivity index (χ2v) is 5.07. The fourth-order valence-electron chi connectivity index (χ4n) is 1.81. The van der Waals surface area contributed by atoms with Crippen molar-refractivity contribution in [3.63, 3.8) is 0 Å². The number of nitrogens with zero attached hydrogens (tertiary/aromatic N) is 1. The maximum absolute atomic E-state index is 5.57. The van der Waals surface area contributed by atoms with Gasteiger partial charge in [0.05, 0.1) is 12.8 Å². The van der Waals surface area contributed by atoms with Crippen LogP contribution in [0.15, 0.2) is 29.4 Å². The zero-order valence-electron chi connectivity index (χ0n) is 11.9. The summed E-state index contributed by atoms with van der Waals surface area (Å²) >= 11 is 0. The molecule has 0 spiro atoms. The van der Waals surface area contributed by atoms with Gasteiger partial charge in [0.15, 0.2) is 0 Å². The largest absolute Gasteiger partial charge is 0.468 e. The predicted octanol–water partition coefficient (Wildman–Crippen LogP) is 3.18. The van der Waals surface area contributed by atoms with Crippen molar-refractivity contribution in [2.24, 2.45) is 0 Å². The van der Waals surface area contributed by atoms with Gasteiger partial charge in [-0.1, -0.05) is 19.9 Å². The van der Waals surface area contributed by atoms with Crippen LogP contribution >= 0.6 is 0 Å². The normalized spacial score (nSPS) is 11.4. The molecule has 102 valence electrons. The molecule has 18 heavy (non-hydrogen) atoms. The van der Waals surface area contributed by atoms with Crippen molar-refractivity contribution in [3.8, 4) is 0 Å². The topological polar surface area (TPSA) is 28.4 Å². The van der Waals surface area contributed by atoms with E-state index in [0.717, 1.165) is 38.2 Å². The lowest BCUT2D eigenvalue weighted by molar-refractivity contribution is 0.290. The molecule has 0 aromatic carbocycles. The Labute approximate surface area is 111 Å². The van der Waals surface area contributed by atoms with Gasteiger partial charge in [-0.15, -0.1) is 6.58 Å². The minimum absolute atomic E-state index is 0.498. The number of furan rings is 1. The van der Waals surface area contributed by atoms with E-state index in [1.54, 1.807) is 6.26 Å². The molecule has 0 bridgehead atoms. The molecule has 1 N–H and O–H groups in total. The Balaban J connectivity index is 2.41. The molecule has 0 saturated carbocycles. The highest BCUT2D eigenvalue weighted by Gasteiger charge is 2.09. The second-order valence-electron chi connectivity index (χ2n) is 5.07. The molecule has 0 aliphatic rings. The van der Waals surface area contributed by atoms with Gasteiger partial charge in [-0.2, -0.15) is 0 Å². The van der Waals surface area contributed by atoms with Crippen LogP contribution in [0.1, 0.15) is 38.0 Å². The molecule has 3 nitrogen and oxygen atoms in total. The van der Waals surface area contributed by atoms with Crippen molar-refractivity contribution in [1.82, 2.24) is 10.2 Å². The van der Waals surface area contributed by atoms with E-state index in [2.05, 4.69) is 43.8 Å². The summed E-state index contributed by atoms with van der Waals surface area (Å²) < 4.78 is 5.57. The Morgan fingerprint density at radius 3 is 2.94 bits per heavy atom. The molecule has 1 heterocycles. The van der Waals surface area contributed by atoms with Crippen LogP contribution in [-0.4, -0.2) is 24.5 Å². The third kappa shape index (κ3) is 5.52. The molecule has 1 aromatic heterocycles. The highest BCUT2D eigenvalue weighted by Crippen LogP contribution is 2.13. The van der Waals surface area contributed by atoms with Crippen LogP contribution in [0.5, 0.6) is 0 Å². The predicted molar refractivity (Wildman–Crippen MR) is 76.4 cm³/mol. The molecule has 0 unspecified atom stereocenters. The van der Waals surface area contributed by atoms with Gasteiger partial charge in [0.2, 0.25) is 0 Å². The van der Waals surface area contributed by atoms with Crippen molar-refractivity contribution in [3.05, 3.63) is 36.3 Å². The monoisotopic (exact) mass is 250 g/mol. The lowest BCUT2D eigenvalue weighted by atomic mass is 10.2.